The van der Waals surface area contributed by atoms with Gasteiger partial charge in [0, 0.05) is 32.0 Å². The Bertz CT molecular complexity index is 309. The monoisotopic (exact) mass is 301 g/mol. The van der Waals surface area contributed by atoms with Crippen molar-refractivity contribution in [3.63, 3.8) is 0 Å². The number of ether oxygens (including phenoxy) is 2. The summed E-state index contributed by atoms with van der Waals surface area (Å²) in [6.45, 7) is 7.32. The molecule has 0 aliphatic carbocycles. The highest BCUT2D eigenvalue weighted by Crippen LogP contribution is 2.21. The van der Waals surface area contributed by atoms with E-state index in [4.69, 9.17) is 14.5 Å². The molecule has 0 spiro atoms. The molecule has 20 heavy (non-hydrogen) atoms. The molecular formula is C14H27N3O2S. The summed E-state index contributed by atoms with van der Waals surface area (Å²) in [6, 6.07) is 0. The lowest BCUT2D eigenvalue weighted by Gasteiger charge is -2.37. The van der Waals surface area contributed by atoms with Crippen LogP contribution in [-0.2, 0) is 9.47 Å². The molecule has 0 bridgehead atoms. The van der Waals surface area contributed by atoms with Gasteiger partial charge in [-0.3, -0.25) is 4.99 Å². The second-order valence-corrected chi connectivity index (χ2v) is 6.12. The van der Waals surface area contributed by atoms with Crippen molar-refractivity contribution in [2.24, 2.45) is 4.99 Å². The molecule has 2 aliphatic heterocycles. The first-order valence-electron chi connectivity index (χ1n) is 7.60. The van der Waals surface area contributed by atoms with Crippen molar-refractivity contribution < 1.29 is 9.47 Å². The molecule has 0 aromatic heterocycles. The molecule has 0 radical (unpaired) electrons. The molecule has 2 saturated heterocycles. The van der Waals surface area contributed by atoms with Crippen molar-refractivity contribution in [1.29, 1.82) is 0 Å². The van der Waals surface area contributed by atoms with E-state index >= 15 is 0 Å². The number of nitrogens with one attached hydrogen (secondary N) is 1. The summed E-state index contributed by atoms with van der Waals surface area (Å²) in [5.41, 5.74) is 0. The Morgan fingerprint density at radius 2 is 2.20 bits per heavy atom. The first kappa shape index (κ1) is 15.9. The third-order valence-electron chi connectivity index (χ3n) is 3.66. The van der Waals surface area contributed by atoms with Gasteiger partial charge in [-0.1, -0.05) is 0 Å². The quantitative estimate of drug-likeness (QED) is 0.470. The zero-order valence-corrected chi connectivity index (χ0v) is 13.5. The average molecular weight is 301 g/mol. The highest BCUT2D eigenvalue weighted by atomic mass is 32.2. The number of thioether (sulfide) groups is 1. The topological polar surface area (TPSA) is 46.1 Å². The van der Waals surface area contributed by atoms with Crippen molar-refractivity contribution in [1.82, 2.24) is 10.2 Å². The second-order valence-electron chi connectivity index (χ2n) is 5.14. The van der Waals surface area contributed by atoms with Gasteiger partial charge in [0.1, 0.15) is 6.10 Å². The van der Waals surface area contributed by atoms with Crippen LogP contribution in [-0.4, -0.2) is 74.5 Å². The van der Waals surface area contributed by atoms with Gasteiger partial charge < -0.3 is 19.7 Å². The average Bonchev–Trinajstić information content (AvgIpc) is 3.01. The van der Waals surface area contributed by atoms with Gasteiger partial charge in [-0.25, -0.2) is 0 Å². The zero-order chi connectivity index (χ0) is 14.2. The van der Waals surface area contributed by atoms with E-state index in [0.717, 1.165) is 63.9 Å². The van der Waals surface area contributed by atoms with Crippen molar-refractivity contribution in [2.75, 3.05) is 51.4 Å². The third kappa shape index (κ3) is 4.53. The summed E-state index contributed by atoms with van der Waals surface area (Å²) in [4.78, 5) is 7.02. The lowest BCUT2D eigenvalue weighted by atomic mass is 10.1. The highest BCUT2D eigenvalue weighted by molar-refractivity contribution is 7.98. The van der Waals surface area contributed by atoms with Crippen LogP contribution in [0.3, 0.4) is 0 Å². The van der Waals surface area contributed by atoms with Crippen molar-refractivity contribution in [2.45, 2.75) is 32.0 Å². The fraction of sp³-hybridized carbons (Fsp3) is 0.929. The van der Waals surface area contributed by atoms with Gasteiger partial charge in [-0.05, 0) is 26.0 Å². The summed E-state index contributed by atoms with van der Waals surface area (Å²) >= 11 is 1.83. The van der Waals surface area contributed by atoms with Crippen LogP contribution in [0.4, 0.5) is 0 Å². The highest BCUT2D eigenvalue weighted by Gasteiger charge is 2.32. The van der Waals surface area contributed by atoms with Crippen LogP contribution in [0.1, 0.15) is 19.8 Å². The number of morpholine rings is 1. The van der Waals surface area contributed by atoms with Crippen LogP contribution in [0.5, 0.6) is 0 Å². The number of guanidine groups is 1. The largest absolute Gasteiger partial charge is 0.375 e. The molecule has 0 saturated carbocycles. The molecule has 0 amide bonds. The van der Waals surface area contributed by atoms with Gasteiger partial charge in [-0.2, -0.15) is 11.8 Å². The standard InChI is InChI=1S/C14H27N3O2S/c1-3-15-14(16-6-10-20-2)17-7-9-19-13(11-17)12-5-4-8-18-12/h12-13H,3-11H2,1-2H3,(H,15,16). The van der Waals surface area contributed by atoms with Crippen molar-refractivity contribution in [3.05, 3.63) is 0 Å². The summed E-state index contributed by atoms with van der Waals surface area (Å²) in [7, 11) is 0. The fourth-order valence-electron chi connectivity index (χ4n) is 2.66. The Labute approximate surface area is 126 Å². The Kier molecular flexibility index (Phi) is 6.96. The minimum absolute atomic E-state index is 0.190. The SMILES string of the molecule is CCNC(=NCCSC)N1CCOC(C2CCCO2)C1. The molecule has 2 atom stereocenters. The van der Waals surface area contributed by atoms with E-state index in [1.807, 2.05) is 11.8 Å². The van der Waals surface area contributed by atoms with E-state index in [0.29, 0.717) is 0 Å². The molecule has 2 heterocycles. The maximum Gasteiger partial charge on any atom is 0.194 e. The van der Waals surface area contributed by atoms with Gasteiger partial charge in [0.2, 0.25) is 0 Å². The van der Waals surface area contributed by atoms with Crippen LogP contribution in [0.25, 0.3) is 0 Å². The molecule has 2 unspecified atom stereocenters. The van der Waals surface area contributed by atoms with Crippen LogP contribution in [0.2, 0.25) is 0 Å². The van der Waals surface area contributed by atoms with E-state index in [1.165, 1.54) is 0 Å². The number of hydrogen-bond donors (Lipinski definition) is 1. The molecule has 0 aromatic carbocycles. The Hall–Kier alpha value is -0.460. The predicted octanol–water partition coefficient (Wildman–Crippen LogP) is 1.19. The molecule has 5 nitrogen and oxygen atoms in total. The maximum atomic E-state index is 5.89. The summed E-state index contributed by atoms with van der Waals surface area (Å²) in [6.07, 6.45) is 4.86. The van der Waals surface area contributed by atoms with E-state index in [-0.39, 0.29) is 12.2 Å². The molecule has 1 N–H and O–H groups in total. The van der Waals surface area contributed by atoms with E-state index in [9.17, 15) is 0 Å². The van der Waals surface area contributed by atoms with Gasteiger partial charge in [-0.15, -0.1) is 0 Å². The van der Waals surface area contributed by atoms with Crippen LogP contribution >= 0.6 is 11.8 Å². The van der Waals surface area contributed by atoms with E-state index in [1.54, 1.807) is 0 Å². The van der Waals surface area contributed by atoms with Crippen LogP contribution in [0, 0.1) is 0 Å². The molecule has 0 aromatic rings. The Morgan fingerprint density at radius 1 is 1.35 bits per heavy atom. The predicted molar refractivity (Wildman–Crippen MR) is 84.6 cm³/mol. The molecule has 116 valence electrons. The fourth-order valence-corrected chi connectivity index (χ4v) is 2.93. The molecule has 2 aliphatic rings. The van der Waals surface area contributed by atoms with E-state index < -0.39 is 0 Å². The first-order chi connectivity index (χ1) is 9.85. The van der Waals surface area contributed by atoms with E-state index in [2.05, 4.69) is 23.4 Å². The smallest absolute Gasteiger partial charge is 0.194 e. The third-order valence-corrected chi connectivity index (χ3v) is 4.26. The number of rotatable bonds is 5. The summed E-state index contributed by atoms with van der Waals surface area (Å²) in [5, 5.41) is 3.39. The molecule has 2 fully saturated rings. The first-order valence-corrected chi connectivity index (χ1v) is 9.00. The lowest BCUT2D eigenvalue weighted by molar-refractivity contribution is -0.0816. The summed E-state index contributed by atoms with van der Waals surface area (Å²) < 4.78 is 11.7. The summed E-state index contributed by atoms with van der Waals surface area (Å²) in [5.74, 6) is 2.09. The molecule has 6 heteroatoms. The van der Waals surface area contributed by atoms with Gasteiger partial charge in [0.25, 0.3) is 0 Å². The number of hydrogen-bond acceptors (Lipinski definition) is 4. The molecule has 2 rings (SSSR count). The lowest BCUT2D eigenvalue weighted by Crippen LogP contribution is -2.53. The minimum atomic E-state index is 0.190. The zero-order valence-electron chi connectivity index (χ0n) is 12.6. The van der Waals surface area contributed by atoms with Crippen molar-refractivity contribution >= 4 is 17.7 Å². The number of nitrogens with zero attached hydrogens (tertiary/aromatic N) is 2. The normalized spacial score (nSPS) is 27.9. The maximum absolute atomic E-state index is 5.89. The Balaban J connectivity index is 1.91. The minimum Gasteiger partial charge on any atom is -0.375 e. The van der Waals surface area contributed by atoms with Gasteiger partial charge in [0.05, 0.1) is 19.3 Å². The number of aliphatic imine (C=N–C) groups is 1. The Morgan fingerprint density at radius 3 is 2.90 bits per heavy atom. The van der Waals surface area contributed by atoms with Crippen molar-refractivity contribution in [3.8, 4) is 0 Å². The van der Waals surface area contributed by atoms with Gasteiger partial charge >= 0.3 is 0 Å². The van der Waals surface area contributed by atoms with Crippen LogP contribution < -0.4 is 5.32 Å². The van der Waals surface area contributed by atoms with Crippen LogP contribution in [0.15, 0.2) is 4.99 Å². The second kappa shape index (κ2) is 8.74. The van der Waals surface area contributed by atoms with Gasteiger partial charge in [0.15, 0.2) is 5.96 Å². The molecular weight excluding hydrogens is 274 g/mol.